The maximum Gasteiger partial charge on any atom is 0.341 e. The van der Waals surface area contributed by atoms with Crippen LogP contribution in [0.15, 0.2) is 42.6 Å². The van der Waals surface area contributed by atoms with Gasteiger partial charge in [0.25, 0.3) is 0 Å². The quantitative estimate of drug-likeness (QED) is 0.635. The van der Waals surface area contributed by atoms with Gasteiger partial charge in [0.15, 0.2) is 0 Å². The molecular weight excluding hydrogens is 336 g/mol. The first-order valence-electron chi connectivity index (χ1n) is 8.09. The fourth-order valence-electron chi connectivity index (χ4n) is 2.62. The summed E-state index contributed by atoms with van der Waals surface area (Å²) >= 11 is 6.23. The van der Waals surface area contributed by atoms with E-state index in [2.05, 4.69) is 10.3 Å². The molecule has 0 saturated heterocycles. The molecule has 0 aliphatic rings. The van der Waals surface area contributed by atoms with E-state index in [-0.39, 0.29) is 0 Å². The number of carbonyl (C=O) groups excluding carboxylic acids is 1. The molecule has 3 aromatic rings. The Bertz CT molecular complexity index is 954. The van der Waals surface area contributed by atoms with Crippen LogP contribution in [0.5, 0.6) is 0 Å². The molecule has 128 valence electrons. The summed E-state index contributed by atoms with van der Waals surface area (Å²) in [5.74, 6) is -0.404. The highest BCUT2D eigenvalue weighted by molar-refractivity contribution is 6.31. The zero-order valence-electron chi connectivity index (χ0n) is 14.4. The first-order chi connectivity index (χ1) is 12.0. The second-order valence-corrected chi connectivity index (χ2v) is 6.28. The van der Waals surface area contributed by atoms with Crippen molar-refractivity contribution in [2.45, 2.75) is 20.8 Å². The number of aromatic nitrogens is 1. The molecule has 5 heteroatoms. The topological polar surface area (TPSA) is 51.2 Å². The maximum absolute atomic E-state index is 12.4. The summed E-state index contributed by atoms with van der Waals surface area (Å²) in [5.41, 5.74) is 4.76. The lowest BCUT2D eigenvalue weighted by molar-refractivity contribution is 0.0527. The van der Waals surface area contributed by atoms with E-state index in [4.69, 9.17) is 16.3 Å². The predicted molar refractivity (Wildman–Crippen MR) is 102 cm³/mol. The van der Waals surface area contributed by atoms with Gasteiger partial charge in [-0.2, -0.15) is 0 Å². The minimum Gasteiger partial charge on any atom is -0.462 e. The fourth-order valence-corrected chi connectivity index (χ4v) is 2.80. The molecule has 2 aromatic carbocycles. The lowest BCUT2D eigenvalue weighted by Gasteiger charge is -2.15. The molecule has 0 spiro atoms. The Balaban J connectivity index is 2.17. The molecule has 0 amide bonds. The molecule has 0 saturated carbocycles. The number of fused-ring (bicyclic) bond motifs is 1. The number of esters is 1. The van der Waals surface area contributed by atoms with E-state index in [1.54, 1.807) is 13.1 Å². The molecule has 1 aromatic heterocycles. The molecular formula is C20H19ClN2O2. The average molecular weight is 355 g/mol. The molecule has 0 atom stereocenters. The number of hydrogen-bond donors (Lipinski definition) is 1. The van der Waals surface area contributed by atoms with Gasteiger partial charge in [0.2, 0.25) is 0 Å². The number of carbonyl (C=O) groups is 1. The van der Waals surface area contributed by atoms with Crippen LogP contribution >= 0.6 is 11.6 Å². The van der Waals surface area contributed by atoms with Crippen molar-refractivity contribution in [2.24, 2.45) is 0 Å². The van der Waals surface area contributed by atoms with Crippen LogP contribution in [-0.4, -0.2) is 17.6 Å². The summed E-state index contributed by atoms with van der Waals surface area (Å²) in [6.07, 6.45) is 1.55. The molecule has 0 unspecified atom stereocenters. The highest BCUT2D eigenvalue weighted by Gasteiger charge is 2.17. The third-order valence-electron chi connectivity index (χ3n) is 3.96. The number of anilines is 2. The lowest BCUT2D eigenvalue weighted by Crippen LogP contribution is -2.09. The van der Waals surface area contributed by atoms with E-state index in [1.165, 1.54) is 0 Å². The van der Waals surface area contributed by atoms with Gasteiger partial charge >= 0.3 is 5.97 Å². The van der Waals surface area contributed by atoms with Crippen molar-refractivity contribution in [3.63, 3.8) is 0 Å². The van der Waals surface area contributed by atoms with Gasteiger partial charge in [-0.25, -0.2) is 4.79 Å². The SMILES string of the molecule is CCOC(=O)c1cnc2ccc(C)cc2c1Nc1ccc(C)c(Cl)c1. The van der Waals surface area contributed by atoms with Crippen molar-refractivity contribution >= 4 is 39.8 Å². The molecule has 1 N–H and O–H groups in total. The summed E-state index contributed by atoms with van der Waals surface area (Å²) in [6, 6.07) is 11.6. The standard InChI is InChI=1S/C20H19ClN2O2/c1-4-25-20(24)16-11-22-18-8-5-12(2)9-15(18)19(16)23-14-7-6-13(3)17(21)10-14/h5-11H,4H2,1-3H3,(H,22,23). The van der Waals surface area contributed by atoms with Crippen LogP contribution in [0.4, 0.5) is 11.4 Å². The zero-order chi connectivity index (χ0) is 18.0. The molecule has 0 aliphatic heterocycles. The summed E-state index contributed by atoms with van der Waals surface area (Å²) in [4.78, 5) is 16.8. The van der Waals surface area contributed by atoms with Crippen molar-refractivity contribution in [1.82, 2.24) is 4.98 Å². The molecule has 0 aliphatic carbocycles. The van der Waals surface area contributed by atoms with Crippen LogP contribution in [0.3, 0.4) is 0 Å². The van der Waals surface area contributed by atoms with E-state index in [9.17, 15) is 4.79 Å². The van der Waals surface area contributed by atoms with Gasteiger partial charge in [0.05, 0.1) is 17.8 Å². The number of benzene rings is 2. The predicted octanol–water partition coefficient (Wildman–Crippen LogP) is 5.43. The summed E-state index contributed by atoms with van der Waals surface area (Å²) < 4.78 is 5.18. The van der Waals surface area contributed by atoms with E-state index in [1.807, 2.05) is 50.2 Å². The number of halogens is 1. The van der Waals surface area contributed by atoms with E-state index >= 15 is 0 Å². The molecule has 3 rings (SSSR count). The number of aryl methyl sites for hydroxylation is 2. The molecule has 0 fully saturated rings. The summed E-state index contributed by atoms with van der Waals surface area (Å²) in [6.45, 7) is 6.04. The zero-order valence-corrected chi connectivity index (χ0v) is 15.1. The van der Waals surface area contributed by atoms with Crippen molar-refractivity contribution in [2.75, 3.05) is 11.9 Å². The minimum atomic E-state index is -0.404. The molecule has 0 radical (unpaired) electrons. The Morgan fingerprint density at radius 1 is 1.20 bits per heavy atom. The Hall–Kier alpha value is -2.59. The number of hydrogen-bond acceptors (Lipinski definition) is 4. The molecule has 4 nitrogen and oxygen atoms in total. The van der Waals surface area contributed by atoms with Crippen LogP contribution in [-0.2, 0) is 4.74 Å². The molecule has 1 heterocycles. The number of pyridine rings is 1. The van der Waals surface area contributed by atoms with Crippen molar-refractivity contribution < 1.29 is 9.53 Å². The van der Waals surface area contributed by atoms with E-state index < -0.39 is 5.97 Å². The Morgan fingerprint density at radius 3 is 2.72 bits per heavy atom. The monoisotopic (exact) mass is 354 g/mol. The third kappa shape index (κ3) is 3.59. The number of rotatable bonds is 4. The normalized spacial score (nSPS) is 10.7. The Kier molecular flexibility index (Phi) is 4.91. The molecule has 25 heavy (non-hydrogen) atoms. The number of ether oxygens (including phenoxy) is 1. The third-order valence-corrected chi connectivity index (χ3v) is 4.37. The van der Waals surface area contributed by atoms with Gasteiger partial charge in [0, 0.05) is 22.3 Å². The number of nitrogens with zero attached hydrogens (tertiary/aromatic N) is 1. The van der Waals surface area contributed by atoms with E-state index in [0.29, 0.717) is 22.9 Å². The second kappa shape index (κ2) is 7.11. The first-order valence-corrected chi connectivity index (χ1v) is 8.47. The van der Waals surface area contributed by atoms with Crippen molar-refractivity contribution in [1.29, 1.82) is 0 Å². The van der Waals surface area contributed by atoms with Gasteiger partial charge in [0.1, 0.15) is 5.56 Å². The maximum atomic E-state index is 12.4. The van der Waals surface area contributed by atoms with Gasteiger partial charge in [-0.15, -0.1) is 0 Å². The van der Waals surface area contributed by atoms with Crippen LogP contribution < -0.4 is 5.32 Å². The molecule has 0 bridgehead atoms. The number of nitrogens with one attached hydrogen (secondary N) is 1. The summed E-state index contributed by atoms with van der Waals surface area (Å²) in [7, 11) is 0. The Labute approximate surface area is 151 Å². The lowest BCUT2D eigenvalue weighted by atomic mass is 10.1. The van der Waals surface area contributed by atoms with Crippen LogP contribution in [0.1, 0.15) is 28.4 Å². The van der Waals surface area contributed by atoms with Crippen molar-refractivity contribution in [3.8, 4) is 0 Å². The summed E-state index contributed by atoms with van der Waals surface area (Å²) in [5, 5.41) is 4.85. The first kappa shape index (κ1) is 17.2. The smallest absolute Gasteiger partial charge is 0.341 e. The van der Waals surface area contributed by atoms with Gasteiger partial charge in [-0.05, 0) is 50.6 Å². The van der Waals surface area contributed by atoms with E-state index in [0.717, 1.165) is 27.7 Å². The van der Waals surface area contributed by atoms with Crippen LogP contribution in [0.25, 0.3) is 10.9 Å². The largest absolute Gasteiger partial charge is 0.462 e. The van der Waals surface area contributed by atoms with Crippen molar-refractivity contribution in [3.05, 3.63) is 64.3 Å². The second-order valence-electron chi connectivity index (χ2n) is 5.88. The van der Waals surface area contributed by atoms with Gasteiger partial charge < -0.3 is 10.1 Å². The average Bonchev–Trinajstić information content (AvgIpc) is 2.58. The highest BCUT2D eigenvalue weighted by Crippen LogP contribution is 2.31. The highest BCUT2D eigenvalue weighted by atomic mass is 35.5. The fraction of sp³-hybridized carbons (Fsp3) is 0.200. The minimum absolute atomic E-state index is 0.306. The van der Waals surface area contributed by atoms with Gasteiger partial charge in [-0.3, -0.25) is 4.98 Å². The van der Waals surface area contributed by atoms with Crippen LogP contribution in [0, 0.1) is 13.8 Å². The van der Waals surface area contributed by atoms with Crippen LogP contribution in [0.2, 0.25) is 5.02 Å². The van der Waals surface area contributed by atoms with Gasteiger partial charge in [-0.1, -0.05) is 29.3 Å². The Morgan fingerprint density at radius 2 is 2.00 bits per heavy atom.